The number of carbonyl (C=O) groups is 2. The minimum atomic E-state index is -0.955. The van der Waals surface area contributed by atoms with Crippen molar-refractivity contribution in [1.82, 2.24) is 9.88 Å². The van der Waals surface area contributed by atoms with Gasteiger partial charge in [0.05, 0.1) is 0 Å². The summed E-state index contributed by atoms with van der Waals surface area (Å²) in [5, 5.41) is 9.13. The van der Waals surface area contributed by atoms with Gasteiger partial charge in [-0.3, -0.25) is 4.79 Å². The molecule has 1 amide bonds. The molecule has 0 spiro atoms. The summed E-state index contributed by atoms with van der Waals surface area (Å²) in [4.78, 5) is 28.8. The predicted molar refractivity (Wildman–Crippen MR) is 71.7 cm³/mol. The van der Waals surface area contributed by atoms with Gasteiger partial charge in [0.2, 0.25) is 0 Å². The van der Waals surface area contributed by atoms with Gasteiger partial charge < -0.3 is 10.0 Å². The van der Waals surface area contributed by atoms with Gasteiger partial charge in [-0.2, -0.15) is 11.8 Å². The summed E-state index contributed by atoms with van der Waals surface area (Å²) in [5.41, 5.74) is 0.454. The average Bonchev–Trinajstić information content (AvgIpc) is 2.38. The quantitative estimate of drug-likeness (QED) is 0.832. The third-order valence-electron chi connectivity index (χ3n) is 2.65. The minimum absolute atomic E-state index is 0.259. The predicted octanol–water partition coefficient (Wildman–Crippen LogP) is 1.49. The molecule has 1 aromatic heterocycles. The first-order valence-corrected chi connectivity index (χ1v) is 7.27. The molecule has 0 radical (unpaired) electrons. The van der Waals surface area contributed by atoms with Crippen molar-refractivity contribution in [2.75, 3.05) is 18.1 Å². The lowest BCUT2D eigenvalue weighted by Crippen LogP contribution is -2.50. The number of halogens is 1. The van der Waals surface area contributed by atoms with Gasteiger partial charge in [0.1, 0.15) is 10.6 Å². The summed E-state index contributed by atoms with van der Waals surface area (Å²) in [5.74, 6) is -0.00998. The fourth-order valence-corrected chi connectivity index (χ4v) is 3.16. The van der Waals surface area contributed by atoms with E-state index in [1.807, 2.05) is 0 Å². The van der Waals surface area contributed by atoms with Gasteiger partial charge in [0.25, 0.3) is 5.91 Å². The van der Waals surface area contributed by atoms with Crippen molar-refractivity contribution in [2.24, 2.45) is 0 Å². The van der Waals surface area contributed by atoms with Crippen molar-refractivity contribution in [3.05, 3.63) is 28.5 Å². The number of carboxylic acids is 1. The Labute approximate surface area is 117 Å². The van der Waals surface area contributed by atoms with Gasteiger partial charge >= 0.3 is 5.97 Å². The standard InChI is InChI=1S/C11H11BrN2O3S/c12-9-5-7(1-2-13-9)10(15)14-3-4-18-6-8(14)11(16)17/h1-2,5,8H,3-4,6H2,(H,16,17). The molecule has 2 rings (SSSR count). The fourth-order valence-electron chi connectivity index (χ4n) is 1.75. The Balaban J connectivity index is 2.23. The van der Waals surface area contributed by atoms with Gasteiger partial charge in [-0.05, 0) is 28.1 Å². The van der Waals surface area contributed by atoms with Crippen LogP contribution in [0.25, 0.3) is 0 Å². The summed E-state index contributed by atoms with van der Waals surface area (Å²) < 4.78 is 0.562. The number of aromatic nitrogens is 1. The molecule has 0 aliphatic carbocycles. The molecule has 7 heteroatoms. The fraction of sp³-hybridized carbons (Fsp3) is 0.364. The molecular weight excluding hydrogens is 320 g/mol. The van der Waals surface area contributed by atoms with E-state index in [1.54, 1.807) is 23.9 Å². The number of carbonyl (C=O) groups excluding carboxylic acids is 1. The highest BCUT2D eigenvalue weighted by molar-refractivity contribution is 9.10. The Bertz CT molecular complexity index is 483. The third-order valence-corrected chi connectivity index (χ3v) is 4.10. The first-order valence-electron chi connectivity index (χ1n) is 5.32. The second kappa shape index (κ2) is 5.71. The zero-order valence-electron chi connectivity index (χ0n) is 9.38. The van der Waals surface area contributed by atoms with Crippen LogP contribution < -0.4 is 0 Å². The summed E-state index contributed by atoms with van der Waals surface area (Å²) in [6.45, 7) is 0.459. The molecule has 1 saturated heterocycles. The maximum atomic E-state index is 12.3. The molecule has 1 atom stereocenters. The number of carboxylic acid groups (broad SMARTS) is 1. The molecule has 0 aromatic carbocycles. The first-order chi connectivity index (χ1) is 8.59. The molecule has 1 aliphatic rings. The van der Waals surface area contributed by atoms with Crippen LogP contribution in [0.5, 0.6) is 0 Å². The van der Waals surface area contributed by atoms with Crippen molar-refractivity contribution in [1.29, 1.82) is 0 Å². The van der Waals surface area contributed by atoms with Crippen molar-refractivity contribution < 1.29 is 14.7 Å². The number of rotatable bonds is 2. The van der Waals surface area contributed by atoms with Crippen molar-refractivity contribution in [3.8, 4) is 0 Å². The molecule has 96 valence electrons. The van der Waals surface area contributed by atoms with Crippen LogP contribution in [0.15, 0.2) is 22.9 Å². The van der Waals surface area contributed by atoms with Crippen molar-refractivity contribution in [2.45, 2.75) is 6.04 Å². The number of nitrogens with zero attached hydrogens (tertiary/aromatic N) is 2. The molecule has 1 unspecified atom stereocenters. The Morgan fingerprint density at radius 1 is 1.56 bits per heavy atom. The van der Waals surface area contributed by atoms with Gasteiger partial charge in [-0.25, -0.2) is 9.78 Å². The number of aliphatic carboxylic acids is 1. The van der Waals surface area contributed by atoms with Crippen LogP contribution in [0.4, 0.5) is 0 Å². The largest absolute Gasteiger partial charge is 0.480 e. The summed E-state index contributed by atoms with van der Waals surface area (Å²) in [6.07, 6.45) is 1.52. The average molecular weight is 331 g/mol. The van der Waals surface area contributed by atoms with Gasteiger partial charge in [-0.1, -0.05) is 0 Å². The van der Waals surface area contributed by atoms with Crippen LogP contribution in [0.2, 0.25) is 0 Å². The van der Waals surface area contributed by atoms with Crippen LogP contribution >= 0.6 is 27.7 Å². The summed E-state index contributed by atoms with van der Waals surface area (Å²) in [7, 11) is 0. The Morgan fingerprint density at radius 3 is 3.00 bits per heavy atom. The summed E-state index contributed by atoms with van der Waals surface area (Å²) >= 11 is 4.75. The van der Waals surface area contributed by atoms with E-state index in [1.165, 1.54) is 11.1 Å². The number of pyridine rings is 1. The van der Waals surface area contributed by atoms with E-state index in [4.69, 9.17) is 5.11 Å². The summed E-state index contributed by atoms with van der Waals surface area (Å²) in [6, 6.07) is 2.44. The number of thioether (sulfide) groups is 1. The monoisotopic (exact) mass is 330 g/mol. The Kier molecular flexibility index (Phi) is 4.23. The Hall–Kier alpha value is -1.08. The lowest BCUT2D eigenvalue weighted by molar-refractivity contribution is -0.141. The molecule has 1 fully saturated rings. The molecule has 2 heterocycles. The van der Waals surface area contributed by atoms with E-state index in [2.05, 4.69) is 20.9 Å². The molecule has 1 aromatic rings. The maximum absolute atomic E-state index is 12.3. The molecule has 5 nitrogen and oxygen atoms in total. The van der Waals surface area contributed by atoms with Crippen LogP contribution in [0, 0.1) is 0 Å². The zero-order chi connectivity index (χ0) is 13.1. The highest BCUT2D eigenvalue weighted by Crippen LogP contribution is 2.20. The highest BCUT2D eigenvalue weighted by atomic mass is 79.9. The van der Waals surface area contributed by atoms with E-state index in [0.29, 0.717) is 22.5 Å². The second-order valence-corrected chi connectivity index (χ2v) is 5.76. The third kappa shape index (κ3) is 2.84. The van der Waals surface area contributed by atoms with Crippen LogP contribution in [-0.4, -0.2) is 51.0 Å². The lowest BCUT2D eigenvalue weighted by atomic mass is 10.2. The number of amides is 1. The molecule has 18 heavy (non-hydrogen) atoms. The number of hydrogen-bond acceptors (Lipinski definition) is 4. The SMILES string of the molecule is O=C(O)C1CSCCN1C(=O)c1ccnc(Br)c1. The van der Waals surface area contributed by atoms with Crippen molar-refractivity contribution >= 4 is 39.6 Å². The van der Waals surface area contributed by atoms with Gasteiger partial charge in [0.15, 0.2) is 0 Å². The normalized spacial score (nSPS) is 19.6. The van der Waals surface area contributed by atoms with Crippen LogP contribution in [-0.2, 0) is 4.79 Å². The Morgan fingerprint density at radius 2 is 2.33 bits per heavy atom. The van der Waals surface area contributed by atoms with E-state index in [0.717, 1.165) is 5.75 Å². The smallest absolute Gasteiger partial charge is 0.327 e. The van der Waals surface area contributed by atoms with E-state index >= 15 is 0 Å². The van der Waals surface area contributed by atoms with E-state index in [-0.39, 0.29) is 5.91 Å². The highest BCUT2D eigenvalue weighted by Gasteiger charge is 2.32. The van der Waals surface area contributed by atoms with Gasteiger partial charge in [0, 0.05) is 29.8 Å². The molecule has 1 aliphatic heterocycles. The van der Waals surface area contributed by atoms with Crippen molar-refractivity contribution in [3.63, 3.8) is 0 Å². The van der Waals surface area contributed by atoms with Crippen LogP contribution in [0.3, 0.4) is 0 Å². The lowest BCUT2D eigenvalue weighted by Gasteiger charge is -2.32. The van der Waals surface area contributed by atoms with Crippen LogP contribution in [0.1, 0.15) is 10.4 Å². The topological polar surface area (TPSA) is 70.5 Å². The molecule has 0 saturated carbocycles. The second-order valence-electron chi connectivity index (χ2n) is 3.79. The first kappa shape index (κ1) is 13.4. The van der Waals surface area contributed by atoms with E-state index < -0.39 is 12.0 Å². The van der Waals surface area contributed by atoms with Gasteiger partial charge in [-0.15, -0.1) is 0 Å². The minimum Gasteiger partial charge on any atom is -0.480 e. The molecular formula is C11H11BrN2O3S. The zero-order valence-corrected chi connectivity index (χ0v) is 11.8. The maximum Gasteiger partial charge on any atom is 0.327 e. The molecule has 1 N–H and O–H groups in total. The molecule has 0 bridgehead atoms. The van der Waals surface area contributed by atoms with E-state index in [9.17, 15) is 9.59 Å². The number of hydrogen-bond donors (Lipinski definition) is 1.